The van der Waals surface area contributed by atoms with E-state index in [2.05, 4.69) is 19.2 Å². The Kier molecular flexibility index (Phi) is 6.60. The number of benzene rings is 1. The normalized spacial score (nSPS) is 14.6. The van der Waals surface area contributed by atoms with Crippen LogP contribution in [-0.2, 0) is 0 Å². The van der Waals surface area contributed by atoms with Gasteiger partial charge in [-0.15, -0.1) is 11.8 Å². The number of thioether (sulfide) groups is 1. The molecular formula is C14H22FNS. The van der Waals surface area contributed by atoms with Gasteiger partial charge in [-0.3, -0.25) is 0 Å². The van der Waals surface area contributed by atoms with E-state index in [0.29, 0.717) is 12.0 Å². The minimum Gasteiger partial charge on any atom is -0.316 e. The van der Waals surface area contributed by atoms with Crippen LogP contribution in [0.1, 0.15) is 26.7 Å². The molecule has 0 aliphatic heterocycles. The van der Waals surface area contributed by atoms with Crippen molar-refractivity contribution in [2.75, 3.05) is 12.8 Å². The van der Waals surface area contributed by atoms with E-state index < -0.39 is 0 Å². The van der Waals surface area contributed by atoms with Crippen molar-refractivity contribution in [1.29, 1.82) is 0 Å². The maximum absolute atomic E-state index is 12.8. The highest BCUT2D eigenvalue weighted by Crippen LogP contribution is 2.22. The zero-order valence-electron chi connectivity index (χ0n) is 10.9. The van der Waals surface area contributed by atoms with E-state index in [1.165, 1.54) is 25.0 Å². The lowest BCUT2D eigenvalue weighted by Crippen LogP contribution is -2.34. The van der Waals surface area contributed by atoms with Crippen LogP contribution in [0, 0.1) is 11.7 Å². The van der Waals surface area contributed by atoms with Gasteiger partial charge in [-0.05, 0) is 43.7 Å². The van der Waals surface area contributed by atoms with Crippen molar-refractivity contribution in [1.82, 2.24) is 5.32 Å². The maximum atomic E-state index is 12.8. The molecule has 3 heteroatoms. The van der Waals surface area contributed by atoms with Crippen LogP contribution in [0.3, 0.4) is 0 Å². The molecule has 2 atom stereocenters. The van der Waals surface area contributed by atoms with E-state index >= 15 is 0 Å². The van der Waals surface area contributed by atoms with Gasteiger partial charge < -0.3 is 5.32 Å². The Morgan fingerprint density at radius 1 is 1.29 bits per heavy atom. The van der Waals surface area contributed by atoms with Crippen molar-refractivity contribution in [3.8, 4) is 0 Å². The second-order valence-electron chi connectivity index (χ2n) is 4.43. The fraction of sp³-hybridized carbons (Fsp3) is 0.571. The third-order valence-corrected chi connectivity index (χ3v) is 4.18. The Morgan fingerprint density at radius 2 is 1.94 bits per heavy atom. The van der Waals surface area contributed by atoms with Crippen LogP contribution >= 0.6 is 11.8 Å². The SMILES string of the molecule is CCCC(C)C(CSc1ccc(F)cc1)NC. The van der Waals surface area contributed by atoms with Gasteiger partial charge in [0.1, 0.15) is 5.82 Å². The smallest absolute Gasteiger partial charge is 0.123 e. The predicted molar refractivity (Wildman–Crippen MR) is 74.0 cm³/mol. The van der Waals surface area contributed by atoms with Crippen molar-refractivity contribution in [3.63, 3.8) is 0 Å². The predicted octanol–water partition coefficient (Wildman–Crippen LogP) is 3.94. The molecule has 17 heavy (non-hydrogen) atoms. The van der Waals surface area contributed by atoms with Gasteiger partial charge in [0.15, 0.2) is 0 Å². The minimum absolute atomic E-state index is 0.168. The van der Waals surface area contributed by atoms with Crippen LogP contribution < -0.4 is 5.32 Å². The summed E-state index contributed by atoms with van der Waals surface area (Å²) < 4.78 is 12.8. The number of halogens is 1. The van der Waals surface area contributed by atoms with E-state index in [4.69, 9.17) is 0 Å². The molecule has 0 saturated carbocycles. The summed E-state index contributed by atoms with van der Waals surface area (Å²) in [5.74, 6) is 1.54. The Labute approximate surface area is 108 Å². The second kappa shape index (κ2) is 7.72. The fourth-order valence-electron chi connectivity index (χ4n) is 1.91. The van der Waals surface area contributed by atoms with Crippen LogP contribution in [0.5, 0.6) is 0 Å². The quantitative estimate of drug-likeness (QED) is 0.741. The molecule has 0 saturated heterocycles. The molecule has 96 valence electrons. The molecule has 0 heterocycles. The van der Waals surface area contributed by atoms with Gasteiger partial charge in [0.2, 0.25) is 0 Å². The first-order valence-electron chi connectivity index (χ1n) is 6.23. The lowest BCUT2D eigenvalue weighted by Gasteiger charge is -2.22. The summed E-state index contributed by atoms with van der Waals surface area (Å²) in [6, 6.07) is 7.25. The summed E-state index contributed by atoms with van der Waals surface area (Å²) in [4.78, 5) is 1.13. The van der Waals surface area contributed by atoms with Crippen LogP contribution in [-0.4, -0.2) is 18.8 Å². The molecule has 0 aliphatic carbocycles. The van der Waals surface area contributed by atoms with Crippen LogP contribution in [0.15, 0.2) is 29.2 Å². The molecule has 0 radical (unpaired) electrons. The fourth-order valence-corrected chi connectivity index (χ4v) is 3.10. The molecule has 1 aromatic rings. The second-order valence-corrected chi connectivity index (χ2v) is 5.52. The molecule has 0 amide bonds. The monoisotopic (exact) mass is 255 g/mol. The van der Waals surface area contributed by atoms with Crippen molar-refractivity contribution < 1.29 is 4.39 Å². The number of nitrogens with one attached hydrogen (secondary N) is 1. The van der Waals surface area contributed by atoms with E-state index in [0.717, 1.165) is 10.6 Å². The first-order chi connectivity index (χ1) is 8.17. The highest BCUT2D eigenvalue weighted by molar-refractivity contribution is 7.99. The molecule has 2 unspecified atom stereocenters. The molecule has 0 bridgehead atoms. The largest absolute Gasteiger partial charge is 0.316 e. The molecule has 1 N–H and O–H groups in total. The van der Waals surface area contributed by atoms with E-state index in [1.807, 2.05) is 19.2 Å². The molecule has 0 aromatic heterocycles. The molecule has 1 rings (SSSR count). The van der Waals surface area contributed by atoms with Gasteiger partial charge >= 0.3 is 0 Å². The highest BCUT2D eigenvalue weighted by Gasteiger charge is 2.14. The standard InChI is InChI=1S/C14H22FNS/c1-4-5-11(2)14(16-3)10-17-13-8-6-12(15)7-9-13/h6-9,11,14,16H,4-5,10H2,1-3H3. The average molecular weight is 255 g/mol. The van der Waals surface area contributed by atoms with Crippen LogP contribution in [0.2, 0.25) is 0 Å². The van der Waals surface area contributed by atoms with Crippen LogP contribution in [0.4, 0.5) is 4.39 Å². The number of hydrogen-bond donors (Lipinski definition) is 1. The Morgan fingerprint density at radius 3 is 2.47 bits per heavy atom. The summed E-state index contributed by atoms with van der Waals surface area (Å²) >= 11 is 1.79. The third-order valence-electron chi connectivity index (χ3n) is 3.04. The maximum Gasteiger partial charge on any atom is 0.123 e. The first-order valence-corrected chi connectivity index (χ1v) is 7.21. The van der Waals surface area contributed by atoms with Gasteiger partial charge in [-0.2, -0.15) is 0 Å². The van der Waals surface area contributed by atoms with E-state index in [-0.39, 0.29) is 5.82 Å². The van der Waals surface area contributed by atoms with Crippen molar-refractivity contribution in [2.24, 2.45) is 5.92 Å². The van der Waals surface area contributed by atoms with Crippen LogP contribution in [0.25, 0.3) is 0 Å². The Balaban J connectivity index is 2.44. The lowest BCUT2D eigenvalue weighted by molar-refractivity contribution is 0.403. The minimum atomic E-state index is -0.168. The van der Waals surface area contributed by atoms with Crippen molar-refractivity contribution in [2.45, 2.75) is 37.6 Å². The summed E-state index contributed by atoms with van der Waals surface area (Å²) in [6.07, 6.45) is 2.47. The number of hydrogen-bond acceptors (Lipinski definition) is 2. The Bertz CT molecular complexity index is 313. The summed E-state index contributed by atoms with van der Waals surface area (Å²) in [5, 5.41) is 3.37. The van der Waals surface area contributed by atoms with E-state index in [1.54, 1.807) is 11.8 Å². The zero-order chi connectivity index (χ0) is 12.7. The Hall–Kier alpha value is -0.540. The van der Waals surface area contributed by atoms with Gasteiger partial charge in [-0.1, -0.05) is 20.3 Å². The molecule has 1 nitrogen and oxygen atoms in total. The molecule has 1 aromatic carbocycles. The zero-order valence-corrected chi connectivity index (χ0v) is 11.7. The summed E-state index contributed by atoms with van der Waals surface area (Å²) in [5.41, 5.74) is 0. The lowest BCUT2D eigenvalue weighted by atomic mass is 9.98. The van der Waals surface area contributed by atoms with Gasteiger partial charge in [0.25, 0.3) is 0 Å². The van der Waals surface area contributed by atoms with Crippen molar-refractivity contribution >= 4 is 11.8 Å². The highest BCUT2D eigenvalue weighted by atomic mass is 32.2. The molecule has 0 fully saturated rings. The van der Waals surface area contributed by atoms with E-state index in [9.17, 15) is 4.39 Å². The third kappa shape index (κ3) is 5.09. The van der Waals surface area contributed by atoms with Gasteiger partial charge in [0, 0.05) is 16.7 Å². The van der Waals surface area contributed by atoms with Gasteiger partial charge in [0.05, 0.1) is 0 Å². The topological polar surface area (TPSA) is 12.0 Å². The molecular weight excluding hydrogens is 233 g/mol. The number of rotatable bonds is 7. The molecule has 0 aliphatic rings. The van der Waals surface area contributed by atoms with Crippen molar-refractivity contribution in [3.05, 3.63) is 30.1 Å². The van der Waals surface area contributed by atoms with Gasteiger partial charge in [-0.25, -0.2) is 4.39 Å². The molecule has 0 spiro atoms. The summed E-state index contributed by atoms with van der Waals surface area (Å²) in [7, 11) is 2.02. The summed E-state index contributed by atoms with van der Waals surface area (Å²) in [6.45, 7) is 4.51. The average Bonchev–Trinajstić information content (AvgIpc) is 2.32. The first kappa shape index (κ1) is 14.5.